The predicted octanol–water partition coefficient (Wildman–Crippen LogP) is 2.55. The summed E-state index contributed by atoms with van der Waals surface area (Å²) in [6, 6.07) is 8.11. The van der Waals surface area contributed by atoms with E-state index in [9.17, 15) is 0 Å². The van der Waals surface area contributed by atoms with Gasteiger partial charge in [-0.2, -0.15) is 0 Å². The molecule has 3 N–H and O–H groups in total. The Labute approximate surface area is 107 Å². The number of rotatable bonds is 4. The summed E-state index contributed by atoms with van der Waals surface area (Å²) in [6.45, 7) is 4.57. The first-order valence-electron chi connectivity index (χ1n) is 6.11. The summed E-state index contributed by atoms with van der Waals surface area (Å²) < 4.78 is 0. The van der Waals surface area contributed by atoms with Crippen LogP contribution in [0.15, 0.2) is 30.5 Å². The lowest BCUT2D eigenvalue weighted by molar-refractivity contribution is 0.912. The molecule has 0 spiro atoms. The van der Waals surface area contributed by atoms with Crippen molar-refractivity contribution in [3.8, 4) is 0 Å². The number of hydrogen-bond donors (Lipinski definition) is 2. The minimum atomic E-state index is 0.439. The molecule has 1 aromatic carbocycles. The van der Waals surface area contributed by atoms with E-state index < -0.39 is 0 Å². The van der Waals surface area contributed by atoms with Crippen LogP contribution in [0.5, 0.6) is 0 Å². The van der Waals surface area contributed by atoms with Gasteiger partial charge in [-0.15, -0.1) is 0 Å². The fourth-order valence-electron chi connectivity index (χ4n) is 1.74. The summed E-state index contributed by atoms with van der Waals surface area (Å²) in [7, 11) is 0. The molecule has 1 heterocycles. The molecule has 18 heavy (non-hydrogen) atoms. The van der Waals surface area contributed by atoms with Crippen molar-refractivity contribution in [3.63, 3.8) is 0 Å². The topological polar surface area (TPSA) is 63.8 Å². The van der Waals surface area contributed by atoms with Crippen molar-refractivity contribution in [2.75, 3.05) is 5.32 Å². The highest BCUT2D eigenvalue weighted by Gasteiger charge is 2.04. The average molecular weight is 242 g/mol. The van der Waals surface area contributed by atoms with Crippen molar-refractivity contribution in [3.05, 3.63) is 47.3 Å². The molecule has 0 radical (unpaired) electrons. The molecule has 0 aliphatic carbocycles. The van der Waals surface area contributed by atoms with Gasteiger partial charge in [0, 0.05) is 18.4 Å². The van der Waals surface area contributed by atoms with Gasteiger partial charge in [0.2, 0.25) is 5.95 Å². The standard InChI is InChI=1S/C14H18N4/c1-3-11-9-16-14(18-13(11)8-15)17-12-6-4-10(2)5-7-12/h4-7,9H,3,8,15H2,1-2H3,(H,16,17,18). The van der Waals surface area contributed by atoms with Crippen molar-refractivity contribution in [2.24, 2.45) is 5.73 Å². The number of aromatic nitrogens is 2. The fourth-order valence-corrected chi connectivity index (χ4v) is 1.74. The summed E-state index contributed by atoms with van der Waals surface area (Å²) in [5, 5.41) is 3.18. The van der Waals surface area contributed by atoms with Gasteiger partial charge in [0.05, 0.1) is 5.69 Å². The molecule has 2 rings (SSSR count). The number of hydrogen-bond acceptors (Lipinski definition) is 4. The van der Waals surface area contributed by atoms with E-state index in [1.54, 1.807) is 0 Å². The Hall–Kier alpha value is -1.94. The van der Waals surface area contributed by atoms with Gasteiger partial charge in [-0.25, -0.2) is 9.97 Å². The van der Waals surface area contributed by atoms with Gasteiger partial charge >= 0.3 is 0 Å². The predicted molar refractivity (Wildman–Crippen MR) is 73.8 cm³/mol. The third-order valence-electron chi connectivity index (χ3n) is 2.84. The molecular formula is C14H18N4. The Morgan fingerprint density at radius 1 is 1.22 bits per heavy atom. The van der Waals surface area contributed by atoms with Gasteiger partial charge in [0.15, 0.2) is 0 Å². The van der Waals surface area contributed by atoms with Gasteiger partial charge in [-0.1, -0.05) is 24.6 Å². The van der Waals surface area contributed by atoms with Gasteiger partial charge in [-0.3, -0.25) is 0 Å². The zero-order valence-corrected chi connectivity index (χ0v) is 10.8. The number of anilines is 2. The maximum absolute atomic E-state index is 5.69. The highest BCUT2D eigenvalue weighted by Crippen LogP contribution is 2.15. The smallest absolute Gasteiger partial charge is 0.227 e. The molecule has 2 aromatic rings. The lowest BCUT2D eigenvalue weighted by atomic mass is 10.2. The third-order valence-corrected chi connectivity index (χ3v) is 2.84. The summed E-state index contributed by atoms with van der Waals surface area (Å²) in [4.78, 5) is 8.73. The number of nitrogens with two attached hydrogens (primary N) is 1. The minimum Gasteiger partial charge on any atom is -0.325 e. The maximum atomic E-state index is 5.69. The van der Waals surface area contributed by atoms with Gasteiger partial charge in [0.25, 0.3) is 0 Å². The molecule has 4 nitrogen and oxygen atoms in total. The monoisotopic (exact) mass is 242 g/mol. The van der Waals surface area contributed by atoms with E-state index in [1.807, 2.05) is 30.5 Å². The molecule has 4 heteroatoms. The van der Waals surface area contributed by atoms with Crippen LogP contribution < -0.4 is 11.1 Å². The number of benzene rings is 1. The van der Waals surface area contributed by atoms with Crippen LogP contribution in [0, 0.1) is 6.92 Å². The Morgan fingerprint density at radius 2 is 1.94 bits per heavy atom. The number of nitrogens with zero attached hydrogens (tertiary/aromatic N) is 2. The van der Waals surface area contributed by atoms with E-state index in [-0.39, 0.29) is 0 Å². The molecular weight excluding hydrogens is 224 g/mol. The van der Waals surface area contributed by atoms with Crippen LogP contribution in [0.25, 0.3) is 0 Å². The molecule has 0 saturated carbocycles. The normalized spacial score (nSPS) is 10.4. The first-order valence-corrected chi connectivity index (χ1v) is 6.11. The molecule has 94 valence electrons. The fraction of sp³-hybridized carbons (Fsp3) is 0.286. The second-order valence-corrected chi connectivity index (χ2v) is 4.21. The van der Waals surface area contributed by atoms with Crippen LogP contribution in [0.4, 0.5) is 11.6 Å². The Kier molecular flexibility index (Phi) is 3.89. The summed E-state index contributed by atoms with van der Waals surface area (Å²) >= 11 is 0. The molecule has 0 amide bonds. The first kappa shape index (κ1) is 12.5. The number of nitrogens with one attached hydrogen (secondary N) is 1. The lowest BCUT2D eigenvalue weighted by Crippen LogP contribution is -2.08. The largest absolute Gasteiger partial charge is 0.325 e. The summed E-state index contributed by atoms with van der Waals surface area (Å²) in [5.41, 5.74) is 9.91. The van der Waals surface area contributed by atoms with Crippen molar-refractivity contribution in [2.45, 2.75) is 26.8 Å². The Balaban J connectivity index is 2.21. The highest BCUT2D eigenvalue weighted by molar-refractivity contribution is 5.53. The van der Waals surface area contributed by atoms with Crippen LogP contribution in [0.2, 0.25) is 0 Å². The molecule has 1 aromatic heterocycles. The van der Waals surface area contributed by atoms with Crippen LogP contribution in [-0.4, -0.2) is 9.97 Å². The molecule has 0 aliphatic heterocycles. The van der Waals surface area contributed by atoms with Gasteiger partial charge in [-0.05, 0) is 31.0 Å². The quantitative estimate of drug-likeness (QED) is 0.864. The van der Waals surface area contributed by atoms with Crippen molar-refractivity contribution in [1.82, 2.24) is 9.97 Å². The zero-order chi connectivity index (χ0) is 13.0. The second-order valence-electron chi connectivity index (χ2n) is 4.21. The van der Waals surface area contributed by atoms with E-state index >= 15 is 0 Å². The van der Waals surface area contributed by atoms with E-state index in [0.29, 0.717) is 12.5 Å². The van der Waals surface area contributed by atoms with Crippen molar-refractivity contribution in [1.29, 1.82) is 0 Å². The lowest BCUT2D eigenvalue weighted by Gasteiger charge is -2.09. The molecule has 0 saturated heterocycles. The van der Waals surface area contributed by atoms with E-state index in [0.717, 1.165) is 23.4 Å². The van der Waals surface area contributed by atoms with Crippen LogP contribution in [0.3, 0.4) is 0 Å². The van der Waals surface area contributed by atoms with Crippen molar-refractivity contribution < 1.29 is 0 Å². The summed E-state index contributed by atoms with van der Waals surface area (Å²) in [5.74, 6) is 0.594. The molecule has 0 atom stereocenters. The van der Waals surface area contributed by atoms with E-state index in [4.69, 9.17) is 5.73 Å². The Morgan fingerprint density at radius 3 is 2.56 bits per heavy atom. The molecule has 0 bridgehead atoms. The molecule has 0 unspecified atom stereocenters. The minimum absolute atomic E-state index is 0.439. The van der Waals surface area contributed by atoms with Gasteiger partial charge < -0.3 is 11.1 Å². The number of aryl methyl sites for hydroxylation is 2. The Bertz CT molecular complexity index is 520. The van der Waals surface area contributed by atoms with Crippen LogP contribution in [0.1, 0.15) is 23.7 Å². The van der Waals surface area contributed by atoms with E-state index in [2.05, 4.69) is 29.1 Å². The highest BCUT2D eigenvalue weighted by atomic mass is 15.1. The van der Waals surface area contributed by atoms with Crippen LogP contribution >= 0.6 is 0 Å². The average Bonchev–Trinajstić information content (AvgIpc) is 2.41. The van der Waals surface area contributed by atoms with Crippen molar-refractivity contribution >= 4 is 11.6 Å². The summed E-state index contributed by atoms with van der Waals surface area (Å²) in [6.07, 6.45) is 2.74. The van der Waals surface area contributed by atoms with Crippen LogP contribution in [-0.2, 0) is 13.0 Å². The molecule has 0 fully saturated rings. The zero-order valence-electron chi connectivity index (χ0n) is 10.8. The first-order chi connectivity index (χ1) is 8.72. The maximum Gasteiger partial charge on any atom is 0.227 e. The molecule has 0 aliphatic rings. The second kappa shape index (κ2) is 5.60. The van der Waals surface area contributed by atoms with E-state index in [1.165, 1.54) is 5.56 Å². The third kappa shape index (κ3) is 2.84. The van der Waals surface area contributed by atoms with Gasteiger partial charge in [0.1, 0.15) is 0 Å². The SMILES string of the molecule is CCc1cnc(Nc2ccc(C)cc2)nc1CN.